The first-order valence-corrected chi connectivity index (χ1v) is 8.97. The molecule has 0 aliphatic rings. The molecule has 1 nitrogen and oxygen atoms in total. The van der Waals surface area contributed by atoms with Gasteiger partial charge in [0, 0.05) is 17.3 Å². The highest BCUT2D eigenvalue weighted by Crippen LogP contribution is 2.31. The van der Waals surface area contributed by atoms with E-state index < -0.39 is 0 Å². The third-order valence-corrected chi connectivity index (χ3v) is 6.21. The quantitative estimate of drug-likeness (QED) is 0.743. The van der Waals surface area contributed by atoms with Crippen LogP contribution in [-0.2, 0) is 0 Å². The molecule has 2 heteroatoms. The zero-order chi connectivity index (χ0) is 15.3. The molecule has 1 unspecified atom stereocenters. The largest absolute Gasteiger partial charge is 0.309 e. The smallest absolute Gasteiger partial charge is 0.0297 e. The maximum absolute atomic E-state index is 3.77. The van der Waals surface area contributed by atoms with Crippen LogP contribution in [0.3, 0.4) is 0 Å². The lowest BCUT2D eigenvalue weighted by molar-refractivity contribution is 0.458. The third kappa shape index (κ3) is 4.02. The van der Waals surface area contributed by atoms with E-state index >= 15 is 0 Å². The molecule has 1 atom stereocenters. The molecule has 0 saturated heterocycles. The molecule has 0 amide bonds. The van der Waals surface area contributed by atoms with E-state index in [-0.39, 0.29) is 0 Å². The van der Waals surface area contributed by atoms with Crippen molar-refractivity contribution in [2.24, 2.45) is 0 Å². The molecule has 0 aliphatic heterocycles. The van der Waals surface area contributed by atoms with Gasteiger partial charge in [-0.3, -0.25) is 0 Å². The number of aryl methyl sites for hydroxylation is 3. The molecule has 0 spiro atoms. The van der Waals surface area contributed by atoms with E-state index in [1.165, 1.54) is 35.1 Å². The molecular formula is C18H31NS. The molecule has 0 saturated carbocycles. The van der Waals surface area contributed by atoms with Crippen LogP contribution in [0.5, 0.6) is 0 Å². The number of hydrogen-bond acceptors (Lipinski definition) is 2. The van der Waals surface area contributed by atoms with Crippen molar-refractivity contribution in [1.29, 1.82) is 0 Å². The Labute approximate surface area is 129 Å². The Hall–Kier alpha value is -0.470. The molecule has 1 aromatic carbocycles. The van der Waals surface area contributed by atoms with Gasteiger partial charge in [-0.2, -0.15) is 11.8 Å². The summed E-state index contributed by atoms with van der Waals surface area (Å²) in [7, 11) is 0. The van der Waals surface area contributed by atoms with Crippen molar-refractivity contribution in [3.63, 3.8) is 0 Å². The summed E-state index contributed by atoms with van der Waals surface area (Å²) >= 11 is 2.00. The van der Waals surface area contributed by atoms with E-state index in [2.05, 4.69) is 65.2 Å². The van der Waals surface area contributed by atoms with Gasteiger partial charge < -0.3 is 5.32 Å². The van der Waals surface area contributed by atoms with Gasteiger partial charge in [-0.1, -0.05) is 31.5 Å². The SMILES string of the molecule is CCC(CC)(CNC(C)c1c(C)cc(C)cc1C)SC. The van der Waals surface area contributed by atoms with Crippen molar-refractivity contribution >= 4 is 11.8 Å². The van der Waals surface area contributed by atoms with Crippen molar-refractivity contribution < 1.29 is 0 Å². The number of thioether (sulfide) groups is 1. The van der Waals surface area contributed by atoms with E-state index in [0.29, 0.717) is 10.8 Å². The molecule has 0 radical (unpaired) electrons. The van der Waals surface area contributed by atoms with Gasteiger partial charge in [0.15, 0.2) is 0 Å². The minimum Gasteiger partial charge on any atom is -0.309 e. The maximum Gasteiger partial charge on any atom is 0.0297 e. The Morgan fingerprint density at radius 1 is 1.10 bits per heavy atom. The van der Waals surface area contributed by atoms with Crippen molar-refractivity contribution in [2.75, 3.05) is 12.8 Å². The Kier molecular flexibility index (Phi) is 6.60. The predicted octanol–water partition coefficient (Wildman–Crippen LogP) is 5.18. The fourth-order valence-corrected chi connectivity index (χ4v) is 3.98. The highest BCUT2D eigenvalue weighted by Gasteiger charge is 2.25. The first-order chi connectivity index (χ1) is 9.39. The predicted molar refractivity (Wildman–Crippen MR) is 93.9 cm³/mol. The van der Waals surface area contributed by atoms with Crippen LogP contribution in [-0.4, -0.2) is 17.5 Å². The molecule has 0 heterocycles. The van der Waals surface area contributed by atoms with Crippen LogP contribution in [0, 0.1) is 20.8 Å². The van der Waals surface area contributed by atoms with E-state index in [9.17, 15) is 0 Å². The standard InChI is InChI=1S/C18H31NS/c1-8-18(9-2,20-7)12-19-16(6)17-14(4)10-13(3)11-15(17)5/h10-11,16,19H,8-9,12H2,1-7H3. The lowest BCUT2D eigenvalue weighted by Crippen LogP contribution is -2.38. The second-order valence-electron chi connectivity index (χ2n) is 6.01. The molecule has 1 N–H and O–H groups in total. The molecule has 1 aromatic rings. The van der Waals surface area contributed by atoms with E-state index in [1.807, 2.05) is 11.8 Å². The normalized spacial score (nSPS) is 13.6. The van der Waals surface area contributed by atoms with Crippen LogP contribution in [0.25, 0.3) is 0 Å². The third-order valence-electron chi connectivity index (χ3n) is 4.62. The van der Waals surface area contributed by atoms with Gasteiger partial charge >= 0.3 is 0 Å². The number of rotatable bonds is 7. The second-order valence-corrected chi connectivity index (χ2v) is 7.28. The van der Waals surface area contributed by atoms with Crippen molar-refractivity contribution in [1.82, 2.24) is 5.32 Å². The first kappa shape index (κ1) is 17.6. The van der Waals surface area contributed by atoms with Crippen molar-refractivity contribution in [3.05, 3.63) is 34.4 Å². The Balaban J connectivity index is 2.84. The average Bonchev–Trinajstić information content (AvgIpc) is 2.39. The van der Waals surface area contributed by atoms with Gasteiger partial charge in [0.25, 0.3) is 0 Å². The van der Waals surface area contributed by atoms with Crippen LogP contribution >= 0.6 is 11.8 Å². The van der Waals surface area contributed by atoms with Gasteiger partial charge in [-0.15, -0.1) is 0 Å². The van der Waals surface area contributed by atoms with Gasteiger partial charge in [0.2, 0.25) is 0 Å². The monoisotopic (exact) mass is 293 g/mol. The number of nitrogens with one attached hydrogen (secondary N) is 1. The Bertz CT molecular complexity index is 404. The summed E-state index contributed by atoms with van der Waals surface area (Å²) in [5, 5.41) is 3.77. The minimum absolute atomic E-state index is 0.376. The maximum atomic E-state index is 3.77. The Morgan fingerprint density at radius 3 is 2.00 bits per heavy atom. The van der Waals surface area contributed by atoms with Crippen molar-refractivity contribution in [3.8, 4) is 0 Å². The number of benzene rings is 1. The molecule has 0 aromatic heterocycles. The lowest BCUT2D eigenvalue weighted by atomic mass is 9.94. The first-order valence-electron chi connectivity index (χ1n) is 7.75. The average molecular weight is 294 g/mol. The number of hydrogen-bond donors (Lipinski definition) is 1. The van der Waals surface area contributed by atoms with Crippen molar-refractivity contribution in [2.45, 2.75) is 65.2 Å². The van der Waals surface area contributed by atoms with Crippen LogP contribution < -0.4 is 5.32 Å². The minimum atomic E-state index is 0.376. The summed E-state index contributed by atoms with van der Waals surface area (Å²) in [5.41, 5.74) is 5.64. The molecule has 1 rings (SSSR count). The Morgan fingerprint density at radius 2 is 1.60 bits per heavy atom. The topological polar surface area (TPSA) is 12.0 Å². The van der Waals surface area contributed by atoms with Gasteiger partial charge in [-0.05, 0) is 63.5 Å². The molecule has 20 heavy (non-hydrogen) atoms. The van der Waals surface area contributed by atoms with E-state index in [1.54, 1.807) is 0 Å². The zero-order valence-electron chi connectivity index (χ0n) is 14.3. The summed E-state index contributed by atoms with van der Waals surface area (Å²) in [5.74, 6) is 0. The zero-order valence-corrected chi connectivity index (χ0v) is 15.1. The van der Waals surface area contributed by atoms with Crippen LogP contribution in [0.1, 0.15) is 61.9 Å². The molecule has 0 fully saturated rings. The highest BCUT2D eigenvalue weighted by atomic mass is 32.2. The van der Waals surface area contributed by atoms with Crippen LogP contribution in [0.2, 0.25) is 0 Å². The molecule has 0 aliphatic carbocycles. The van der Waals surface area contributed by atoms with Crippen LogP contribution in [0.15, 0.2) is 12.1 Å². The molecular weight excluding hydrogens is 262 g/mol. The summed E-state index contributed by atoms with van der Waals surface area (Å²) in [6, 6.07) is 5.00. The van der Waals surface area contributed by atoms with Gasteiger partial charge in [0.05, 0.1) is 0 Å². The fourth-order valence-electron chi connectivity index (χ4n) is 3.18. The molecule has 0 bridgehead atoms. The summed E-state index contributed by atoms with van der Waals surface area (Å²) in [4.78, 5) is 0. The summed E-state index contributed by atoms with van der Waals surface area (Å²) < 4.78 is 0.376. The summed E-state index contributed by atoms with van der Waals surface area (Å²) in [6.07, 6.45) is 4.67. The van der Waals surface area contributed by atoms with Gasteiger partial charge in [-0.25, -0.2) is 0 Å². The fraction of sp³-hybridized carbons (Fsp3) is 0.667. The molecule has 114 valence electrons. The van der Waals surface area contributed by atoms with Crippen LogP contribution in [0.4, 0.5) is 0 Å². The van der Waals surface area contributed by atoms with E-state index in [0.717, 1.165) is 6.54 Å². The van der Waals surface area contributed by atoms with E-state index in [4.69, 9.17) is 0 Å². The summed E-state index contributed by atoms with van der Waals surface area (Å²) in [6.45, 7) is 14.6. The van der Waals surface area contributed by atoms with Gasteiger partial charge in [0.1, 0.15) is 0 Å². The second kappa shape index (κ2) is 7.51. The highest BCUT2D eigenvalue weighted by molar-refractivity contribution is 8.00. The lowest BCUT2D eigenvalue weighted by Gasteiger charge is -2.32.